The number of benzene rings is 2. The third kappa shape index (κ3) is 3.60. The van der Waals surface area contributed by atoms with Gasteiger partial charge in [-0.15, -0.1) is 5.10 Å². The lowest BCUT2D eigenvalue weighted by Crippen LogP contribution is -2.59. The molecule has 0 unspecified atom stereocenters. The second-order valence-corrected chi connectivity index (χ2v) is 13.5. The summed E-state index contributed by atoms with van der Waals surface area (Å²) in [6.07, 6.45) is 0.857. The van der Waals surface area contributed by atoms with Crippen molar-refractivity contribution < 1.29 is 16.8 Å². The molecule has 2 aliphatic rings. The van der Waals surface area contributed by atoms with Gasteiger partial charge in [0.25, 0.3) is 0 Å². The molecule has 0 radical (unpaired) electrons. The van der Waals surface area contributed by atoms with E-state index in [2.05, 4.69) is 30.9 Å². The first-order valence-corrected chi connectivity index (χ1v) is 14.7. The van der Waals surface area contributed by atoms with Gasteiger partial charge in [0.1, 0.15) is 9.79 Å². The van der Waals surface area contributed by atoms with Crippen molar-refractivity contribution >= 4 is 46.7 Å². The zero-order valence-electron chi connectivity index (χ0n) is 18.7. The van der Waals surface area contributed by atoms with Crippen molar-refractivity contribution in [3.05, 3.63) is 30.3 Å². The van der Waals surface area contributed by atoms with Gasteiger partial charge in [-0.05, 0) is 41.1 Å². The molecule has 0 bridgehead atoms. The Bertz CT molecular complexity index is 1700. The fourth-order valence-corrected chi connectivity index (χ4v) is 9.04. The van der Waals surface area contributed by atoms with Crippen molar-refractivity contribution in [2.75, 3.05) is 31.9 Å². The van der Waals surface area contributed by atoms with Crippen LogP contribution in [0.25, 0.3) is 32.7 Å². The van der Waals surface area contributed by atoms with Gasteiger partial charge in [0.05, 0.1) is 15.8 Å². The van der Waals surface area contributed by atoms with Crippen molar-refractivity contribution in [1.29, 1.82) is 0 Å². The maximum atomic E-state index is 13.7. The minimum Gasteiger partial charge on any atom is -0.375 e. The minimum absolute atomic E-state index is 0.0497. The van der Waals surface area contributed by atoms with Crippen LogP contribution in [0.5, 0.6) is 0 Å². The van der Waals surface area contributed by atoms with Gasteiger partial charge < -0.3 is 11.1 Å². The molecule has 1 spiro atoms. The third-order valence-corrected chi connectivity index (χ3v) is 10.5. The number of para-hydroxylation sites is 1. The molecule has 6 rings (SSSR count). The molecule has 0 amide bonds. The van der Waals surface area contributed by atoms with Crippen LogP contribution < -0.4 is 16.2 Å². The third-order valence-electron chi connectivity index (χ3n) is 6.69. The number of primary sulfonamides is 1. The summed E-state index contributed by atoms with van der Waals surface area (Å²) in [5.74, 6) is -0.0497. The molecule has 2 aliphatic heterocycles. The van der Waals surface area contributed by atoms with E-state index < -0.39 is 29.8 Å². The van der Waals surface area contributed by atoms with E-state index in [4.69, 9.17) is 10.9 Å². The van der Waals surface area contributed by atoms with Crippen molar-refractivity contribution in [3.8, 4) is 22.5 Å². The molecule has 188 valence electrons. The molecular weight excluding hydrogens is 526 g/mol. The largest absolute Gasteiger partial charge is 0.375 e. The number of thiazole rings is 1. The molecule has 2 saturated heterocycles. The van der Waals surface area contributed by atoms with E-state index in [0.717, 1.165) is 24.2 Å². The van der Waals surface area contributed by atoms with Crippen molar-refractivity contribution in [2.45, 2.75) is 16.2 Å². The van der Waals surface area contributed by atoms with Gasteiger partial charge in [-0.25, -0.2) is 32.1 Å². The zero-order chi connectivity index (χ0) is 25.3. The Balaban J connectivity index is 1.60. The van der Waals surface area contributed by atoms with Crippen molar-refractivity contribution in [2.24, 2.45) is 10.6 Å². The monoisotopic (exact) mass is 547 g/mol. The number of nitrogens with one attached hydrogen (secondary N) is 2. The molecule has 2 fully saturated rings. The molecule has 16 heteroatoms. The van der Waals surface area contributed by atoms with Crippen LogP contribution in [0.2, 0.25) is 0 Å². The molecule has 13 nitrogen and oxygen atoms in total. The van der Waals surface area contributed by atoms with Crippen molar-refractivity contribution in [3.63, 3.8) is 0 Å². The van der Waals surface area contributed by atoms with E-state index in [1.807, 2.05) is 6.07 Å². The van der Waals surface area contributed by atoms with Crippen LogP contribution >= 0.6 is 11.3 Å². The van der Waals surface area contributed by atoms with Crippen LogP contribution in [0, 0.1) is 5.41 Å². The number of nitrogen functional groups attached to an aromatic ring is 1. The highest BCUT2D eigenvalue weighted by Gasteiger charge is 2.50. The normalized spacial score (nSPS) is 18.1. The number of rotatable bonds is 5. The predicted molar refractivity (Wildman–Crippen MR) is 133 cm³/mol. The summed E-state index contributed by atoms with van der Waals surface area (Å²) in [7, 11) is -8.77. The van der Waals surface area contributed by atoms with Crippen LogP contribution in [0.4, 0.5) is 5.13 Å². The number of nitrogens with zero attached hydrogens (tertiary/aromatic N) is 5. The quantitative estimate of drug-likeness (QED) is 0.270. The van der Waals surface area contributed by atoms with E-state index in [1.54, 1.807) is 12.1 Å². The van der Waals surface area contributed by atoms with E-state index >= 15 is 0 Å². The number of H-pyrrole nitrogens is 1. The first kappa shape index (κ1) is 23.4. The minimum atomic E-state index is -4.57. The molecule has 0 atom stereocenters. The number of nitrogens with two attached hydrogens (primary N) is 2. The smallest absolute Gasteiger partial charge is 0.244 e. The summed E-state index contributed by atoms with van der Waals surface area (Å²) >= 11 is 1.27. The average molecular weight is 548 g/mol. The van der Waals surface area contributed by atoms with Gasteiger partial charge in [0.2, 0.25) is 20.0 Å². The summed E-state index contributed by atoms with van der Waals surface area (Å²) in [5, 5.41) is 22.8. The maximum absolute atomic E-state index is 13.7. The number of hydrogen-bond acceptors (Lipinski definition) is 11. The van der Waals surface area contributed by atoms with Gasteiger partial charge in [0, 0.05) is 30.6 Å². The lowest BCUT2D eigenvalue weighted by atomic mass is 9.81. The SMILES string of the molecule is Nc1nc2c(-c3ccc(S(=O)(=O)N4CC5(CCNC5)C4)c(S(N)(=O)=O)c3-c3nnn[nH]3)cccc2s1. The molecule has 0 aliphatic carbocycles. The van der Waals surface area contributed by atoms with E-state index in [1.165, 1.54) is 27.8 Å². The molecule has 36 heavy (non-hydrogen) atoms. The topological polar surface area (TPSA) is 203 Å². The van der Waals surface area contributed by atoms with Crippen LogP contribution in [-0.2, 0) is 20.0 Å². The second kappa shape index (κ2) is 7.99. The van der Waals surface area contributed by atoms with Crippen molar-refractivity contribution in [1.82, 2.24) is 35.2 Å². The highest BCUT2D eigenvalue weighted by Crippen LogP contribution is 2.45. The average Bonchev–Trinajstić information content (AvgIpc) is 3.56. The Morgan fingerprint density at radius 2 is 1.89 bits per heavy atom. The Morgan fingerprint density at radius 3 is 2.56 bits per heavy atom. The predicted octanol–water partition coefficient (Wildman–Crippen LogP) is 0.357. The number of tetrazole rings is 1. The number of sulfonamides is 2. The molecule has 2 aromatic carbocycles. The fourth-order valence-electron chi connectivity index (χ4n) is 5.03. The molecule has 6 N–H and O–H groups in total. The lowest BCUT2D eigenvalue weighted by Gasteiger charge is -2.46. The first-order chi connectivity index (χ1) is 17.1. The zero-order valence-corrected chi connectivity index (χ0v) is 21.1. The van der Waals surface area contributed by atoms with Gasteiger partial charge >= 0.3 is 0 Å². The number of hydrogen-bond donors (Lipinski definition) is 4. The van der Waals surface area contributed by atoms with E-state index in [0.29, 0.717) is 34.9 Å². The summed E-state index contributed by atoms with van der Waals surface area (Å²) in [5.41, 5.74) is 7.13. The summed E-state index contributed by atoms with van der Waals surface area (Å²) in [6.45, 7) is 2.13. The summed E-state index contributed by atoms with van der Waals surface area (Å²) in [6, 6.07) is 8.13. The number of aromatic nitrogens is 5. The Kier molecular flexibility index (Phi) is 5.19. The number of anilines is 1. The lowest BCUT2D eigenvalue weighted by molar-refractivity contribution is 0.0916. The molecule has 4 aromatic rings. The Labute approximate surface area is 210 Å². The first-order valence-electron chi connectivity index (χ1n) is 10.9. The van der Waals surface area contributed by atoms with Crippen LogP contribution in [0.3, 0.4) is 0 Å². The summed E-state index contributed by atoms with van der Waals surface area (Å²) in [4.78, 5) is 3.38. The Morgan fingerprint density at radius 1 is 1.08 bits per heavy atom. The second-order valence-electron chi connectivity index (χ2n) is 9.01. The fraction of sp³-hybridized carbons (Fsp3) is 0.300. The van der Waals surface area contributed by atoms with E-state index in [9.17, 15) is 16.8 Å². The maximum Gasteiger partial charge on any atom is 0.244 e. The van der Waals surface area contributed by atoms with Crippen LogP contribution in [-0.4, -0.2) is 72.9 Å². The highest BCUT2D eigenvalue weighted by atomic mass is 32.2. The number of fused-ring (bicyclic) bond motifs is 1. The van der Waals surface area contributed by atoms with Crippen LogP contribution in [0.1, 0.15) is 6.42 Å². The highest BCUT2D eigenvalue weighted by molar-refractivity contribution is 7.92. The van der Waals surface area contributed by atoms with Gasteiger partial charge in [-0.3, -0.25) is 0 Å². The molecule has 4 heterocycles. The molecule has 2 aromatic heterocycles. The van der Waals surface area contributed by atoms with Crippen LogP contribution in [0.15, 0.2) is 40.1 Å². The van der Waals surface area contributed by atoms with Gasteiger partial charge in [0.15, 0.2) is 11.0 Å². The summed E-state index contributed by atoms with van der Waals surface area (Å²) < 4.78 is 55.5. The standard InChI is InChI=1S/C20H21N9O4S3/c21-19-24-16-12(2-1-3-13(16)34-19)11-4-5-14(17(35(22,30)31)15(11)18-25-27-28-26-18)36(32,33)29-9-20(10-29)6-7-23-8-20/h1-5,23H,6-10H2,(H2,21,24)(H2,22,30,31)(H,25,26,27,28). The Hall–Kier alpha value is -3.02. The molecular formula is C20H21N9O4S3. The molecule has 0 saturated carbocycles. The van der Waals surface area contributed by atoms with Gasteiger partial charge in [-0.1, -0.05) is 29.5 Å². The van der Waals surface area contributed by atoms with E-state index in [-0.39, 0.29) is 16.8 Å². The van der Waals surface area contributed by atoms with Gasteiger partial charge in [-0.2, -0.15) is 4.31 Å². The number of aromatic amines is 1.